The van der Waals surface area contributed by atoms with Crippen LogP contribution in [0.25, 0.3) is 0 Å². The zero-order valence-electron chi connectivity index (χ0n) is 9.71. The van der Waals surface area contributed by atoms with Crippen LogP contribution >= 0.6 is 0 Å². The van der Waals surface area contributed by atoms with E-state index in [1.54, 1.807) is 20.2 Å². The van der Waals surface area contributed by atoms with Crippen molar-refractivity contribution in [2.75, 3.05) is 31.7 Å². The number of hydrogen-bond donors (Lipinski definition) is 2. The average Bonchev–Trinajstić information content (AvgIpc) is 2.26. The Morgan fingerprint density at radius 3 is 2.65 bits per heavy atom. The third kappa shape index (κ3) is 3.58. The molecule has 0 bridgehead atoms. The van der Waals surface area contributed by atoms with E-state index in [1.807, 2.05) is 0 Å². The van der Waals surface area contributed by atoms with Crippen LogP contribution in [-0.4, -0.2) is 37.9 Å². The van der Waals surface area contributed by atoms with Crippen molar-refractivity contribution in [1.82, 2.24) is 4.90 Å². The largest absolute Gasteiger partial charge is 0.397 e. The third-order valence-electron chi connectivity index (χ3n) is 2.15. The lowest BCUT2D eigenvalue weighted by Gasteiger charge is -2.13. The first-order valence-electron chi connectivity index (χ1n) is 5.05. The number of amides is 1. The van der Waals surface area contributed by atoms with E-state index in [9.17, 15) is 13.6 Å². The van der Waals surface area contributed by atoms with Gasteiger partial charge in [0, 0.05) is 19.7 Å². The van der Waals surface area contributed by atoms with Crippen molar-refractivity contribution in [3.05, 3.63) is 23.8 Å². The normalized spacial score (nSPS) is 10.4. The first-order valence-corrected chi connectivity index (χ1v) is 5.05. The van der Waals surface area contributed by atoms with E-state index >= 15 is 0 Å². The Bertz CT molecular complexity index is 408. The van der Waals surface area contributed by atoms with E-state index in [4.69, 9.17) is 5.73 Å². The van der Waals surface area contributed by atoms with Crippen LogP contribution < -0.4 is 11.1 Å². The number of carbonyl (C=O) groups is 1. The van der Waals surface area contributed by atoms with Crippen LogP contribution in [0.4, 0.5) is 20.2 Å². The average molecular weight is 243 g/mol. The highest BCUT2D eigenvalue weighted by Gasteiger charge is 2.11. The summed E-state index contributed by atoms with van der Waals surface area (Å²) in [6.45, 7) is -0.496. The molecule has 0 saturated carbocycles. The summed E-state index contributed by atoms with van der Waals surface area (Å²) in [6.07, 6.45) is -2.47. The topological polar surface area (TPSA) is 58.4 Å². The molecule has 0 aliphatic heterocycles. The number of halogens is 2. The summed E-state index contributed by atoms with van der Waals surface area (Å²) in [5.74, 6) is -0.204. The van der Waals surface area contributed by atoms with Crippen LogP contribution in [0.1, 0.15) is 10.4 Å². The van der Waals surface area contributed by atoms with Gasteiger partial charge in [-0.05, 0) is 18.2 Å². The molecule has 0 saturated heterocycles. The molecule has 0 heterocycles. The Balaban J connectivity index is 2.90. The van der Waals surface area contributed by atoms with Gasteiger partial charge in [-0.3, -0.25) is 4.79 Å². The highest BCUT2D eigenvalue weighted by molar-refractivity contribution is 5.95. The van der Waals surface area contributed by atoms with Gasteiger partial charge < -0.3 is 16.0 Å². The molecule has 0 fully saturated rings. The fourth-order valence-electron chi connectivity index (χ4n) is 1.29. The molecule has 6 heteroatoms. The lowest BCUT2D eigenvalue weighted by atomic mass is 10.1. The van der Waals surface area contributed by atoms with Crippen molar-refractivity contribution < 1.29 is 13.6 Å². The fraction of sp³-hybridized carbons (Fsp3) is 0.364. The smallest absolute Gasteiger partial charge is 0.255 e. The number of nitrogen functional groups attached to an aromatic ring is 1. The van der Waals surface area contributed by atoms with Crippen molar-refractivity contribution in [1.29, 1.82) is 0 Å². The zero-order chi connectivity index (χ0) is 13.0. The summed E-state index contributed by atoms with van der Waals surface area (Å²) < 4.78 is 24.1. The summed E-state index contributed by atoms with van der Waals surface area (Å²) in [5, 5.41) is 2.50. The van der Waals surface area contributed by atoms with Crippen LogP contribution in [-0.2, 0) is 0 Å². The molecule has 1 aromatic rings. The number of benzene rings is 1. The van der Waals surface area contributed by atoms with Gasteiger partial charge in [-0.1, -0.05) is 0 Å². The van der Waals surface area contributed by atoms with Gasteiger partial charge in [0.15, 0.2) is 0 Å². The van der Waals surface area contributed by atoms with E-state index in [1.165, 1.54) is 17.0 Å². The maximum absolute atomic E-state index is 12.1. The minimum absolute atomic E-state index is 0.204. The molecule has 17 heavy (non-hydrogen) atoms. The molecule has 0 radical (unpaired) electrons. The lowest BCUT2D eigenvalue weighted by Crippen LogP contribution is -2.22. The van der Waals surface area contributed by atoms with Gasteiger partial charge in [-0.25, -0.2) is 8.78 Å². The number of nitrogens with two attached hydrogens (primary N) is 1. The van der Waals surface area contributed by atoms with E-state index in [0.717, 1.165) is 0 Å². The molecular formula is C11H15F2N3O. The van der Waals surface area contributed by atoms with Gasteiger partial charge in [0.1, 0.15) is 0 Å². The molecule has 1 amide bonds. The fourth-order valence-corrected chi connectivity index (χ4v) is 1.29. The van der Waals surface area contributed by atoms with Crippen molar-refractivity contribution in [2.24, 2.45) is 0 Å². The van der Waals surface area contributed by atoms with Crippen LogP contribution in [0.2, 0.25) is 0 Å². The maximum Gasteiger partial charge on any atom is 0.255 e. The van der Waals surface area contributed by atoms with Crippen LogP contribution in [0.3, 0.4) is 0 Å². The quantitative estimate of drug-likeness (QED) is 0.790. The molecule has 3 N–H and O–H groups in total. The summed E-state index contributed by atoms with van der Waals surface area (Å²) >= 11 is 0. The van der Waals surface area contributed by atoms with Gasteiger partial charge in [0.05, 0.1) is 17.9 Å². The van der Waals surface area contributed by atoms with Crippen molar-refractivity contribution in [3.8, 4) is 0 Å². The second-order valence-electron chi connectivity index (χ2n) is 3.77. The number of rotatable bonds is 4. The molecule has 4 nitrogen and oxygen atoms in total. The SMILES string of the molecule is CN(C)C(=O)c1ccc(N)c(NCC(F)F)c1. The van der Waals surface area contributed by atoms with Crippen molar-refractivity contribution in [3.63, 3.8) is 0 Å². The molecule has 0 unspecified atom stereocenters. The second kappa shape index (κ2) is 5.47. The summed E-state index contributed by atoms with van der Waals surface area (Å²) in [4.78, 5) is 13.1. The standard InChI is InChI=1S/C11H15F2N3O/c1-16(2)11(17)7-3-4-8(14)9(5-7)15-6-10(12)13/h3-5,10,15H,6,14H2,1-2H3. The number of hydrogen-bond acceptors (Lipinski definition) is 3. The predicted octanol–water partition coefficient (Wildman–Crippen LogP) is 1.65. The molecule has 0 aromatic heterocycles. The Hall–Kier alpha value is -1.85. The van der Waals surface area contributed by atoms with Gasteiger partial charge >= 0.3 is 0 Å². The number of anilines is 2. The van der Waals surface area contributed by atoms with E-state index in [2.05, 4.69) is 5.32 Å². The highest BCUT2D eigenvalue weighted by atomic mass is 19.3. The second-order valence-corrected chi connectivity index (χ2v) is 3.77. The monoisotopic (exact) mass is 243 g/mol. The lowest BCUT2D eigenvalue weighted by molar-refractivity contribution is 0.0827. The summed E-state index contributed by atoms with van der Waals surface area (Å²) in [5.41, 5.74) is 6.70. The zero-order valence-corrected chi connectivity index (χ0v) is 9.71. The summed E-state index contributed by atoms with van der Waals surface area (Å²) in [7, 11) is 3.23. The highest BCUT2D eigenvalue weighted by Crippen LogP contribution is 2.20. The van der Waals surface area contributed by atoms with Gasteiger partial charge in [-0.2, -0.15) is 0 Å². The molecule has 0 atom stereocenters. The molecule has 94 valence electrons. The van der Waals surface area contributed by atoms with Crippen LogP contribution in [0, 0.1) is 0 Å². The third-order valence-corrected chi connectivity index (χ3v) is 2.15. The van der Waals surface area contributed by atoms with E-state index in [-0.39, 0.29) is 5.91 Å². The first-order chi connectivity index (χ1) is 7.91. The van der Waals surface area contributed by atoms with Crippen LogP contribution in [0.5, 0.6) is 0 Å². The van der Waals surface area contributed by atoms with E-state index < -0.39 is 13.0 Å². The van der Waals surface area contributed by atoms with Gasteiger partial charge in [-0.15, -0.1) is 0 Å². The molecule has 0 aliphatic carbocycles. The molecule has 1 aromatic carbocycles. The van der Waals surface area contributed by atoms with Crippen molar-refractivity contribution in [2.45, 2.75) is 6.43 Å². The first kappa shape index (κ1) is 13.2. The van der Waals surface area contributed by atoms with Crippen LogP contribution in [0.15, 0.2) is 18.2 Å². The Labute approximate surface area is 98.4 Å². The predicted molar refractivity (Wildman–Crippen MR) is 63.4 cm³/mol. The van der Waals surface area contributed by atoms with Gasteiger partial charge in [0.2, 0.25) is 0 Å². The Morgan fingerprint density at radius 2 is 2.12 bits per heavy atom. The molecular weight excluding hydrogens is 228 g/mol. The number of nitrogens with one attached hydrogen (secondary N) is 1. The maximum atomic E-state index is 12.1. The number of alkyl halides is 2. The minimum atomic E-state index is -2.47. The van der Waals surface area contributed by atoms with Crippen molar-refractivity contribution >= 4 is 17.3 Å². The van der Waals surface area contributed by atoms with E-state index in [0.29, 0.717) is 16.9 Å². The minimum Gasteiger partial charge on any atom is -0.397 e. The number of nitrogens with zero attached hydrogens (tertiary/aromatic N) is 1. The number of carbonyl (C=O) groups excluding carboxylic acids is 1. The van der Waals surface area contributed by atoms with Gasteiger partial charge in [0.25, 0.3) is 12.3 Å². The summed E-state index contributed by atoms with van der Waals surface area (Å²) in [6, 6.07) is 4.55. The molecule has 1 rings (SSSR count). The molecule has 0 spiro atoms. The molecule has 0 aliphatic rings. The Morgan fingerprint density at radius 1 is 1.47 bits per heavy atom. The Kier molecular flexibility index (Phi) is 4.25.